The smallest absolute Gasteiger partial charge is 0.230 e. The van der Waals surface area contributed by atoms with Gasteiger partial charge in [-0.2, -0.15) is 0 Å². The van der Waals surface area contributed by atoms with E-state index in [-0.39, 0.29) is 0 Å². The Kier molecular flexibility index (Phi) is 4.67. The molecule has 2 aromatic carbocycles. The Bertz CT molecular complexity index is 1070. The van der Waals surface area contributed by atoms with E-state index in [9.17, 15) is 0 Å². The van der Waals surface area contributed by atoms with Crippen LogP contribution in [0.25, 0.3) is 22.3 Å². The molecule has 0 aliphatic carbocycles. The summed E-state index contributed by atoms with van der Waals surface area (Å²) in [6.45, 7) is 0. The van der Waals surface area contributed by atoms with E-state index in [2.05, 4.69) is 25.3 Å². The van der Waals surface area contributed by atoms with E-state index in [0.29, 0.717) is 34.8 Å². The summed E-state index contributed by atoms with van der Waals surface area (Å²) in [6.07, 6.45) is 1.68. The number of nitrogens with zero attached hydrogens (tertiary/aromatic N) is 3. The fourth-order valence-corrected chi connectivity index (χ4v) is 2.93. The summed E-state index contributed by atoms with van der Waals surface area (Å²) in [6, 6.07) is 13.3. The molecule has 4 rings (SSSR count). The molecule has 0 unspecified atom stereocenters. The van der Waals surface area contributed by atoms with Crippen LogP contribution in [-0.2, 0) is 0 Å². The molecule has 2 N–H and O–H groups in total. The van der Waals surface area contributed by atoms with Crippen molar-refractivity contribution in [2.75, 3.05) is 26.6 Å². The number of nitrogens with one attached hydrogen (secondary N) is 2. The lowest BCUT2D eigenvalue weighted by molar-refractivity contribution is 0.324. The molecule has 0 aliphatic heterocycles. The lowest BCUT2D eigenvalue weighted by Gasteiger charge is -2.14. The van der Waals surface area contributed by atoms with Crippen LogP contribution in [0.3, 0.4) is 0 Å². The van der Waals surface area contributed by atoms with Gasteiger partial charge in [0.05, 0.1) is 38.1 Å². The third-order valence-corrected chi connectivity index (χ3v) is 4.24. The molecular formula is C20H19N5O3. The van der Waals surface area contributed by atoms with E-state index in [1.165, 1.54) is 0 Å². The number of aromatic amines is 1. The summed E-state index contributed by atoms with van der Waals surface area (Å²) in [5.41, 5.74) is 3.31. The predicted molar refractivity (Wildman–Crippen MR) is 107 cm³/mol. The van der Waals surface area contributed by atoms with Gasteiger partial charge in [-0.25, -0.2) is 15.0 Å². The minimum absolute atomic E-state index is 0.422. The Labute approximate surface area is 161 Å². The lowest BCUT2D eigenvalue weighted by atomic mass is 10.1. The Balaban J connectivity index is 1.68. The average Bonchev–Trinajstić information content (AvgIpc) is 3.15. The first kappa shape index (κ1) is 17.6. The summed E-state index contributed by atoms with van der Waals surface area (Å²) < 4.78 is 16.2. The van der Waals surface area contributed by atoms with Gasteiger partial charge in [0.15, 0.2) is 11.5 Å². The van der Waals surface area contributed by atoms with Gasteiger partial charge in [0.1, 0.15) is 0 Å². The van der Waals surface area contributed by atoms with Crippen LogP contribution in [0.2, 0.25) is 0 Å². The van der Waals surface area contributed by atoms with Gasteiger partial charge in [-0.15, -0.1) is 0 Å². The highest BCUT2D eigenvalue weighted by molar-refractivity contribution is 5.78. The first-order chi connectivity index (χ1) is 13.7. The Morgan fingerprint density at radius 3 is 2.32 bits per heavy atom. The van der Waals surface area contributed by atoms with Crippen molar-refractivity contribution >= 4 is 22.9 Å². The van der Waals surface area contributed by atoms with Gasteiger partial charge in [0.25, 0.3) is 0 Å². The van der Waals surface area contributed by atoms with Gasteiger partial charge >= 0.3 is 0 Å². The summed E-state index contributed by atoms with van der Waals surface area (Å²) >= 11 is 0. The molecular weight excluding hydrogens is 358 g/mol. The SMILES string of the molecule is COc1cc(-c2ccnc(Nc3nc4ccccc4[nH]3)n2)cc(OC)c1OC. The highest BCUT2D eigenvalue weighted by atomic mass is 16.5. The Hall–Kier alpha value is -3.81. The fraction of sp³-hybridized carbons (Fsp3) is 0.150. The molecule has 0 saturated heterocycles. The second kappa shape index (κ2) is 7.43. The van der Waals surface area contributed by atoms with Crippen molar-refractivity contribution in [3.05, 3.63) is 48.7 Å². The molecule has 0 amide bonds. The largest absolute Gasteiger partial charge is 0.493 e. The normalized spacial score (nSPS) is 10.7. The number of hydrogen-bond donors (Lipinski definition) is 2. The van der Waals surface area contributed by atoms with Gasteiger partial charge in [0.2, 0.25) is 17.6 Å². The first-order valence-corrected chi connectivity index (χ1v) is 8.57. The van der Waals surface area contributed by atoms with Crippen LogP contribution in [0.5, 0.6) is 17.2 Å². The first-order valence-electron chi connectivity index (χ1n) is 8.57. The summed E-state index contributed by atoms with van der Waals surface area (Å²) in [4.78, 5) is 16.5. The van der Waals surface area contributed by atoms with Crippen LogP contribution in [0.1, 0.15) is 0 Å². The number of benzene rings is 2. The molecule has 0 atom stereocenters. The Morgan fingerprint density at radius 2 is 1.64 bits per heavy atom. The molecule has 28 heavy (non-hydrogen) atoms. The molecule has 2 aromatic heterocycles. The molecule has 0 saturated carbocycles. The third kappa shape index (κ3) is 3.27. The number of anilines is 2. The van der Waals surface area contributed by atoms with Crippen molar-refractivity contribution in [3.63, 3.8) is 0 Å². The van der Waals surface area contributed by atoms with Crippen LogP contribution in [-0.4, -0.2) is 41.3 Å². The summed E-state index contributed by atoms with van der Waals surface area (Å²) in [5.74, 6) is 2.64. The number of hydrogen-bond acceptors (Lipinski definition) is 7. The van der Waals surface area contributed by atoms with Crippen molar-refractivity contribution in [1.82, 2.24) is 19.9 Å². The van der Waals surface area contributed by atoms with Gasteiger partial charge < -0.3 is 19.2 Å². The van der Waals surface area contributed by atoms with E-state index in [0.717, 1.165) is 16.6 Å². The molecule has 4 aromatic rings. The molecule has 0 fully saturated rings. The topological polar surface area (TPSA) is 94.2 Å². The predicted octanol–water partition coefficient (Wildman–Crippen LogP) is 3.79. The van der Waals surface area contributed by atoms with Crippen LogP contribution < -0.4 is 19.5 Å². The third-order valence-electron chi connectivity index (χ3n) is 4.24. The number of aromatic nitrogens is 4. The van der Waals surface area contributed by atoms with E-state index < -0.39 is 0 Å². The maximum atomic E-state index is 5.42. The van der Waals surface area contributed by atoms with Crippen LogP contribution >= 0.6 is 0 Å². The van der Waals surface area contributed by atoms with Crippen molar-refractivity contribution < 1.29 is 14.2 Å². The zero-order valence-electron chi connectivity index (χ0n) is 15.7. The molecule has 0 bridgehead atoms. The molecule has 0 aliphatic rings. The maximum Gasteiger partial charge on any atom is 0.230 e. The molecule has 8 nitrogen and oxygen atoms in total. The van der Waals surface area contributed by atoms with Gasteiger partial charge in [-0.1, -0.05) is 12.1 Å². The van der Waals surface area contributed by atoms with Gasteiger partial charge in [0, 0.05) is 11.8 Å². The molecule has 2 heterocycles. The number of fused-ring (bicyclic) bond motifs is 1. The highest BCUT2D eigenvalue weighted by Gasteiger charge is 2.15. The minimum Gasteiger partial charge on any atom is -0.493 e. The van der Waals surface area contributed by atoms with Crippen LogP contribution in [0.4, 0.5) is 11.9 Å². The lowest BCUT2D eigenvalue weighted by Crippen LogP contribution is -2.00. The minimum atomic E-state index is 0.422. The second-order valence-electron chi connectivity index (χ2n) is 5.91. The zero-order chi connectivity index (χ0) is 19.5. The van der Waals surface area contributed by atoms with E-state index in [1.54, 1.807) is 27.5 Å². The monoisotopic (exact) mass is 377 g/mol. The van der Waals surface area contributed by atoms with Crippen molar-refractivity contribution in [2.45, 2.75) is 0 Å². The van der Waals surface area contributed by atoms with Gasteiger partial charge in [-0.3, -0.25) is 5.32 Å². The van der Waals surface area contributed by atoms with Gasteiger partial charge in [-0.05, 0) is 30.3 Å². The molecule has 142 valence electrons. The van der Waals surface area contributed by atoms with E-state index in [4.69, 9.17) is 14.2 Å². The van der Waals surface area contributed by atoms with Crippen molar-refractivity contribution in [3.8, 4) is 28.5 Å². The van der Waals surface area contributed by atoms with Crippen molar-refractivity contribution in [2.24, 2.45) is 0 Å². The molecule has 8 heteroatoms. The van der Waals surface area contributed by atoms with E-state index >= 15 is 0 Å². The molecule has 0 spiro atoms. The second-order valence-corrected chi connectivity index (χ2v) is 5.91. The van der Waals surface area contributed by atoms with Crippen LogP contribution in [0, 0.1) is 0 Å². The molecule has 0 radical (unpaired) electrons. The number of H-pyrrole nitrogens is 1. The highest BCUT2D eigenvalue weighted by Crippen LogP contribution is 2.40. The number of methoxy groups -OCH3 is 3. The Morgan fingerprint density at radius 1 is 0.893 bits per heavy atom. The van der Waals surface area contributed by atoms with Crippen molar-refractivity contribution in [1.29, 1.82) is 0 Å². The summed E-state index contributed by atoms with van der Waals surface area (Å²) in [5, 5.41) is 3.11. The van der Waals surface area contributed by atoms with E-state index in [1.807, 2.05) is 42.5 Å². The number of imidazole rings is 1. The zero-order valence-corrected chi connectivity index (χ0v) is 15.7. The number of rotatable bonds is 6. The summed E-state index contributed by atoms with van der Waals surface area (Å²) in [7, 11) is 4.73. The maximum absolute atomic E-state index is 5.42. The fourth-order valence-electron chi connectivity index (χ4n) is 2.93. The standard InChI is InChI=1S/C20H19N5O3/c1-26-16-10-12(11-17(27-2)18(16)28-3)13-8-9-21-19(22-13)25-20-23-14-6-4-5-7-15(14)24-20/h4-11H,1-3H3,(H2,21,22,23,24,25). The average molecular weight is 377 g/mol. The van der Waals surface area contributed by atoms with Crippen LogP contribution in [0.15, 0.2) is 48.7 Å². The quantitative estimate of drug-likeness (QED) is 0.528. The number of ether oxygens (including phenoxy) is 3. The number of para-hydroxylation sites is 2.